The van der Waals surface area contributed by atoms with Gasteiger partial charge < -0.3 is 4.42 Å². The fraction of sp³-hybridized carbons (Fsp3) is 0. The van der Waals surface area contributed by atoms with Crippen LogP contribution in [0.4, 0.5) is 0 Å². The van der Waals surface area contributed by atoms with Crippen LogP contribution in [0, 0.1) is 22.7 Å². The third kappa shape index (κ3) is 1.33. The van der Waals surface area contributed by atoms with Gasteiger partial charge in [-0.3, -0.25) is 0 Å². The van der Waals surface area contributed by atoms with Crippen molar-refractivity contribution >= 4 is 23.5 Å². The van der Waals surface area contributed by atoms with Crippen molar-refractivity contribution in [1.29, 1.82) is 10.5 Å². The molecule has 5 heteroatoms. The minimum Gasteiger partial charge on any atom is -0.457 e. The van der Waals surface area contributed by atoms with E-state index in [2.05, 4.69) is 0 Å². The highest BCUT2D eigenvalue weighted by atomic mass is 32.2. The van der Waals surface area contributed by atoms with Crippen molar-refractivity contribution in [2.75, 3.05) is 0 Å². The third-order valence-electron chi connectivity index (χ3n) is 1.41. The molecule has 62 valence electrons. The van der Waals surface area contributed by atoms with Crippen molar-refractivity contribution in [2.24, 2.45) is 0 Å². The van der Waals surface area contributed by atoms with Crippen molar-refractivity contribution < 1.29 is 4.42 Å². The van der Waals surface area contributed by atoms with E-state index >= 15 is 0 Å². The summed E-state index contributed by atoms with van der Waals surface area (Å²) in [5.74, 6) is 0. The van der Waals surface area contributed by atoms with E-state index in [0.717, 1.165) is 4.90 Å². The number of rotatable bonds is 0. The number of allylic oxidation sites excluding steroid dienone is 2. The molecule has 0 atom stereocenters. The fourth-order valence-electron chi connectivity index (χ4n) is 0.876. The molecule has 2 rings (SSSR count). The molecule has 0 saturated carbocycles. The summed E-state index contributed by atoms with van der Waals surface area (Å²) in [4.78, 5) is 1.76. The Morgan fingerprint density at radius 1 is 1.15 bits per heavy atom. The monoisotopic (exact) mass is 206 g/mol. The third-order valence-corrected chi connectivity index (χ3v) is 3.71. The molecule has 1 aliphatic heterocycles. The predicted octanol–water partition coefficient (Wildman–Crippen LogP) is 2.74. The zero-order valence-electron chi connectivity index (χ0n) is 6.27. The van der Waals surface area contributed by atoms with Gasteiger partial charge in [-0.15, -0.1) is 0 Å². The standard InChI is InChI=1S/C8H2N2OS2/c9-3-6-7(4-10)13-8-5(12-6)1-2-11-8/h1-2H. The van der Waals surface area contributed by atoms with E-state index in [1.165, 1.54) is 23.5 Å². The van der Waals surface area contributed by atoms with Gasteiger partial charge in [0.25, 0.3) is 0 Å². The van der Waals surface area contributed by atoms with Crippen molar-refractivity contribution in [3.63, 3.8) is 0 Å². The molecule has 3 nitrogen and oxygen atoms in total. The molecule has 13 heavy (non-hydrogen) atoms. The zero-order valence-corrected chi connectivity index (χ0v) is 7.91. The Bertz CT molecular complexity index is 421. The van der Waals surface area contributed by atoms with Gasteiger partial charge in [0.15, 0.2) is 5.09 Å². The number of hydrogen-bond acceptors (Lipinski definition) is 5. The fourth-order valence-corrected chi connectivity index (χ4v) is 2.68. The summed E-state index contributed by atoms with van der Waals surface area (Å²) >= 11 is 2.48. The first kappa shape index (κ1) is 8.31. The van der Waals surface area contributed by atoms with Crippen LogP contribution < -0.4 is 0 Å². The van der Waals surface area contributed by atoms with E-state index in [9.17, 15) is 0 Å². The van der Waals surface area contributed by atoms with Gasteiger partial charge in [-0.1, -0.05) is 11.8 Å². The van der Waals surface area contributed by atoms with Gasteiger partial charge in [0.2, 0.25) is 0 Å². The quantitative estimate of drug-likeness (QED) is 0.653. The maximum Gasteiger partial charge on any atom is 0.179 e. The van der Waals surface area contributed by atoms with E-state index in [-0.39, 0.29) is 0 Å². The molecule has 0 spiro atoms. The highest BCUT2D eigenvalue weighted by Gasteiger charge is 2.21. The Hall–Kier alpha value is -1.30. The summed E-state index contributed by atoms with van der Waals surface area (Å²) in [6.07, 6.45) is 1.56. The van der Waals surface area contributed by atoms with Crippen LogP contribution in [0.2, 0.25) is 0 Å². The van der Waals surface area contributed by atoms with Crippen molar-refractivity contribution in [1.82, 2.24) is 0 Å². The van der Waals surface area contributed by atoms with Crippen LogP contribution in [-0.2, 0) is 0 Å². The molecule has 1 aromatic heterocycles. The molecule has 0 radical (unpaired) electrons. The van der Waals surface area contributed by atoms with Gasteiger partial charge in [-0.05, 0) is 17.8 Å². The lowest BCUT2D eigenvalue weighted by Crippen LogP contribution is -1.86. The van der Waals surface area contributed by atoms with Crippen molar-refractivity contribution in [3.05, 3.63) is 22.1 Å². The molecule has 0 aromatic carbocycles. The maximum atomic E-state index is 8.73. The van der Waals surface area contributed by atoms with Crippen molar-refractivity contribution in [2.45, 2.75) is 9.99 Å². The van der Waals surface area contributed by atoms with Crippen molar-refractivity contribution in [3.8, 4) is 12.1 Å². The van der Waals surface area contributed by atoms with Gasteiger partial charge in [-0.25, -0.2) is 0 Å². The summed E-state index contributed by atoms with van der Waals surface area (Å²) < 4.78 is 5.13. The van der Waals surface area contributed by atoms with E-state index in [1.807, 2.05) is 12.1 Å². The van der Waals surface area contributed by atoms with Crippen LogP contribution in [0.1, 0.15) is 0 Å². The minimum atomic E-state index is 0.412. The largest absolute Gasteiger partial charge is 0.457 e. The molecule has 0 saturated heterocycles. The Morgan fingerprint density at radius 2 is 1.85 bits per heavy atom. The first-order chi connectivity index (χ1) is 6.35. The average molecular weight is 206 g/mol. The summed E-state index contributed by atoms with van der Waals surface area (Å²) in [7, 11) is 0. The minimum absolute atomic E-state index is 0.412. The molecular weight excluding hydrogens is 204 g/mol. The molecule has 0 N–H and O–H groups in total. The highest BCUT2D eigenvalue weighted by Crippen LogP contribution is 2.46. The van der Waals surface area contributed by atoms with Crippen LogP contribution >= 0.6 is 23.5 Å². The maximum absolute atomic E-state index is 8.73. The summed E-state index contributed by atoms with van der Waals surface area (Å²) in [5.41, 5.74) is 0. The van der Waals surface area contributed by atoms with Gasteiger partial charge in [-0.2, -0.15) is 10.5 Å². The zero-order chi connectivity index (χ0) is 9.26. The lowest BCUT2D eigenvalue weighted by atomic mass is 10.5. The van der Waals surface area contributed by atoms with Crippen LogP contribution in [0.5, 0.6) is 0 Å². The van der Waals surface area contributed by atoms with Crippen LogP contribution in [0.15, 0.2) is 36.5 Å². The smallest absolute Gasteiger partial charge is 0.179 e. The molecule has 1 aromatic rings. The highest BCUT2D eigenvalue weighted by molar-refractivity contribution is 8.09. The molecule has 0 bridgehead atoms. The van der Waals surface area contributed by atoms with E-state index in [4.69, 9.17) is 14.9 Å². The average Bonchev–Trinajstić information content (AvgIpc) is 2.62. The van der Waals surface area contributed by atoms with Gasteiger partial charge in [0.05, 0.1) is 11.2 Å². The van der Waals surface area contributed by atoms with E-state index in [1.54, 1.807) is 12.3 Å². The van der Waals surface area contributed by atoms with Crippen LogP contribution in [0.25, 0.3) is 0 Å². The van der Waals surface area contributed by atoms with E-state index < -0.39 is 0 Å². The molecule has 1 aliphatic rings. The predicted molar refractivity (Wildman–Crippen MR) is 48.7 cm³/mol. The normalized spacial score (nSPS) is 14.6. The second kappa shape index (κ2) is 3.21. The molecule has 0 fully saturated rings. The number of furan rings is 1. The first-order valence-electron chi connectivity index (χ1n) is 3.33. The summed E-state index contributed by atoms with van der Waals surface area (Å²) in [6, 6.07) is 5.76. The number of nitriles is 2. The topological polar surface area (TPSA) is 60.7 Å². The summed E-state index contributed by atoms with van der Waals surface area (Å²) in [6.45, 7) is 0. The molecule has 0 unspecified atom stereocenters. The second-order valence-electron chi connectivity index (χ2n) is 2.16. The van der Waals surface area contributed by atoms with Gasteiger partial charge in [0, 0.05) is 0 Å². The lowest BCUT2D eigenvalue weighted by Gasteiger charge is -2.07. The molecule has 0 amide bonds. The second-order valence-corrected chi connectivity index (χ2v) is 4.19. The van der Waals surface area contributed by atoms with Gasteiger partial charge in [0.1, 0.15) is 21.9 Å². The Kier molecular flexibility index (Phi) is 2.05. The Balaban J connectivity index is 2.46. The molecular formula is C8H2N2OS2. The number of hydrogen-bond donors (Lipinski definition) is 0. The number of nitrogens with zero attached hydrogens (tertiary/aromatic N) is 2. The van der Waals surface area contributed by atoms with Crippen LogP contribution in [-0.4, -0.2) is 0 Å². The lowest BCUT2D eigenvalue weighted by molar-refractivity contribution is 0.463. The van der Waals surface area contributed by atoms with Crippen LogP contribution in [0.3, 0.4) is 0 Å². The first-order valence-corrected chi connectivity index (χ1v) is 4.96. The summed E-state index contributed by atoms with van der Waals surface area (Å²) in [5, 5.41) is 18.1. The van der Waals surface area contributed by atoms with Gasteiger partial charge >= 0.3 is 0 Å². The Morgan fingerprint density at radius 3 is 2.54 bits per heavy atom. The molecule has 2 heterocycles. The number of thioether (sulfide) groups is 2. The Labute approximate surface area is 83.0 Å². The SMILES string of the molecule is N#CC1=C(C#N)Sc2occc2S1. The van der Waals surface area contributed by atoms with E-state index in [0.29, 0.717) is 14.9 Å². The number of fused-ring (bicyclic) bond motifs is 1. The molecule has 0 aliphatic carbocycles.